The number of amides is 1. The van der Waals surface area contributed by atoms with Gasteiger partial charge in [0.2, 0.25) is 0 Å². The highest BCUT2D eigenvalue weighted by Crippen LogP contribution is 2.21. The molecule has 1 saturated heterocycles. The lowest BCUT2D eigenvalue weighted by Crippen LogP contribution is -2.27. The smallest absolute Gasteiger partial charge is 0.338 e. The first kappa shape index (κ1) is 13.5. The fourth-order valence-corrected chi connectivity index (χ4v) is 1.99. The van der Waals surface area contributed by atoms with E-state index in [2.05, 4.69) is 5.32 Å². The lowest BCUT2D eigenvalue weighted by molar-refractivity contribution is -0.126. The number of nitrogens with one attached hydrogen (secondary N) is 1. The van der Waals surface area contributed by atoms with Crippen LogP contribution in [0.2, 0.25) is 0 Å². The molecule has 0 spiro atoms. The summed E-state index contributed by atoms with van der Waals surface area (Å²) in [5.41, 5.74) is -0.231. The molecule has 1 aliphatic heterocycles. The van der Waals surface area contributed by atoms with Gasteiger partial charge in [0, 0.05) is 5.69 Å². The summed E-state index contributed by atoms with van der Waals surface area (Å²) in [7, 11) is 0. The molecule has 0 aliphatic carbocycles. The first-order valence-corrected chi connectivity index (χ1v) is 5.96. The summed E-state index contributed by atoms with van der Waals surface area (Å²) >= 11 is 0. The predicted molar refractivity (Wildman–Crippen MR) is 65.6 cm³/mol. The average molecular weight is 267 g/mol. The summed E-state index contributed by atoms with van der Waals surface area (Å²) in [6.07, 6.45) is 0.939. The quantitative estimate of drug-likeness (QED) is 0.878. The molecule has 1 aliphatic rings. The molecule has 0 radical (unpaired) electrons. The third-order valence-electron chi connectivity index (χ3n) is 2.99. The number of rotatable bonds is 3. The summed E-state index contributed by atoms with van der Waals surface area (Å²) < 4.78 is 18.6. The number of aromatic carboxylic acids is 1. The van der Waals surface area contributed by atoms with E-state index in [4.69, 9.17) is 9.84 Å². The molecule has 2 rings (SSSR count). The van der Waals surface area contributed by atoms with E-state index < -0.39 is 23.5 Å². The zero-order chi connectivity index (χ0) is 14.0. The molecule has 0 saturated carbocycles. The summed E-state index contributed by atoms with van der Waals surface area (Å²) in [6, 6.07) is 3.42. The number of hydrogen-bond donors (Lipinski definition) is 2. The Kier molecular flexibility index (Phi) is 3.80. The van der Waals surface area contributed by atoms with Crippen LogP contribution < -0.4 is 5.32 Å². The molecule has 1 amide bonds. The van der Waals surface area contributed by atoms with E-state index in [-0.39, 0.29) is 17.7 Å². The Hall–Kier alpha value is -1.95. The van der Waals surface area contributed by atoms with Crippen molar-refractivity contribution in [3.63, 3.8) is 0 Å². The first-order chi connectivity index (χ1) is 8.97. The fraction of sp³-hybridized carbons (Fsp3) is 0.385. The zero-order valence-corrected chi connectivity index (χ0v) is 10.4. The highest BCUT2D eigenvalue weighted by molar-refractivity contribution is 5.96. The maximum absolute atomic E-state index is 13.2. The number of ether oxygens (including phenoxy) is 1. The fourth-order valence-electron chi connectivity index (χ4n) is 1.99. The van der Waals surface area contributed by atoms with Crippen molar-refractivity contribution in [3.8, 4) is 0 Å². The summed E-state index contributed by atoms with van der Waals surface area (Å²) in [5, 5.41) is 11.3. The average Bonchev–Trinajstić information content (AvgIpc) is 2.78. The molecule has 0 aromatic heterocycles. The monoisotopic (exact) mass is 267 g/mol. The van der Waals surface area contributed by atoms with Gasteiger partial charge in [0.15, 0.2) is 0 Å². The number of carboxylic acids is 1. The number of halogens is 1. The van der Waals surface area contributed by atoms with Gasteiger partial charge in [-0.3, -0.25) is 4.79 Å². The van der Waals surface area contributed by atoms with Crippen LogP contribution in [0.4, 0.5) is 10.1 Å². The molecule has 19 heavy (non-hydrogen) atoms. The second-order valence-corrected chi connectivity index (χ2v) is 4.50. The molecular weight excluding hydrogens is 253 g/mol. The molecule has 2 unspecified atom stereocenters. The molecule has 6 heteroatoms. The van der Waals surface area contributed by atoms with Gasteiger partial charge in [0.1, 0.15) is 11.9 Å². The van der Waals surface area contributed by atoms with E-state index in [1.165, 1.54) is 6.07 Å². The summed E-state index contributed by atoms with van der Waals surface area (Å²) in [5.74, 6) is -2.55. The lowest BCUT2D eigenvalue weighted by Gasteiger charge is -2.12. The molecule has 1 heterocycles. The van der Waals surface area contributed by atoms with Gasteiger partial charge >= 0.3 is 5.97 Å². The van der Waals surface area contributed by atoms with Crippen molar-refractivity contribution in [2.24, 2.45) is 0 Å². The van der Waals surface area contributed by atoms with E-state index in [0.29, 0.717) is 6.42 Å². The molecular formula is C13H14FNO4. The molecule has 1 fully saturated rings. The maximum Gasteiger partial charge on any atom is 0.338 e. The van der Waals surface area contributed by atoms with Crippen molar-refractivity contribution in [2.45, 2.75) is 32.0 Å². The van der Waals surface area contributed by atoms with Crippen molar-refractivity contribution < 1.29 is 23.8 Å². The SMILES string of the molecule is CC1CCC(C(=O)Nc2ccc(F)c(C(=O)O)c2)O1. The van der Waals surface area contributed by atoms with Gasteiger partial charge in [-0.05, 0) is 38.0 Å². The standard InChI is InChI=1S/C13H14FNO4/c1-7-2-5-11(19-7)12(16)15-8-3-4-10(14)9(6-8)13(17)18/h3-4,6-7,11H,2,5H2,1H3,(H,15,16)(H,17,18). The van der Waals surface area contributed by atoms with Crippen molar-refractivity contribution >= 4 is 17.6 Å². The van der Waals surface area contributed by atoms with Gasteiger partial charge < -0.3 is 15.2 Å². The maximum atomic E-state index is 13.2. The summed E-state index contributed by atoms with van der Waals surface area (Å²) in [4.78, 5) is 22.6. The van der Waals surface area contributed by atoms with Crippen LogP contribution in [-0.4, -0.2) is 29.2 Å². The van der Waals surface area contributed by atoms with E-state index in [0.717, 1.165) is 18.6 Å². The minimum atomic E-state index is -1.38. The minimum Gasteiger partial charge on any atom is -0.478 e. The van der Waals surface area contributed by atoms with E-state index in [1.807, 2.05) is 6.92 Å². The normalized spacial score (nSPS) is 22.2. The Morgan fingerprint density at radius 1 is 1.42 bits per heavy atom. The van der Waals surface area contributed by atoms with Gasteiger partial charge in [0.05, 0.1) is 11.7 Å². The second kappa shape index (κ2) is 5.36. The number of carboxylic acid groups (broad SMARTS) is 1. The second-order valence-electron chi connectivity index (χ2n) is 4.50. The van der Waals surface area contributed by atoms with Gasteiger partial charge in [-0.1, -0.05) is 0 Å². The minimum absolute atomic E-state index is 0.0403. The van der Waals surface area contributed by atoms with Gasteiger partial charge in [-0.25, -0.2) is 9.18 Å². The van der Waals surface area contributed by atoms with Crippen LogP contribution in [-0.2, 0) is 9.53 Å². The number of carbonyl (C=O) groups is 2. The van der Waals surface area contributed by atoms with E-state index in [1.54, 1.807) is 0 Å². The number of hydrogen-bond acceptors (Lipinski definition) is 3. The largest absolute Gasteiger partial charge is 0.478 e. The van der Waals surface area contributed by atoms with Crippen molar-refractivity contribution in [3.05, 3.63) is 29.6 Å². The summed E-state index contributed by atoms with van der Waals surface area (Å²) in [6.45, 7) is 1.88. The van der Waals surface area contributed by atoms with Crippen LogP contribution in [0.25, 0.3) is 0 Å². The zero-order valence-electron chi connectivity index (χ0n) is 10.4. The Labute approximate surface area is 109 Å². The van der Waals surface area contributed by atoms with Gasteiger partial charge in [-0.2, -0.15) is 0 Å². The molecule has 2 N–H and O–H groups in total. The third-order valence-corrected chi connectivity index (χ3v) is 2.99. The van der Waals surface area contributed by atoms with Crippen molar-refractivity contribution in [1.82, 2.24) is 0 Å². The van der Waals surface area contributed by atoms with E-state index >= 15 is 0 Å². The van der Waals surface area contributed by atoms with Gasteiger partial charge in [0.25, 0.3) is 5.91 Å². The van der Waals surface area contributed by atoms with Crippen LogP contribution in [0.3, 0.4) is 0 Å². The Morgan fingerprint density at radius 3 is 2.74 bits per heavy atom. The molecule has 102 valence electrons. The molecule has 1 aromatic carbocycles. The molecule has 2 atom stereocenters. The van der Waals surface area contributed by atoms with Crippen molar-refractivity contribution in [2.75, 3.05) is 5.32 Å². The first-order valence-electron chi connectivity index (χ1n) is 5.96. The predicted octanol–water partition coefficient (Wildman–Crippen LogP) is 2.03. The van der Waals surface area contributed by atoms with Crippen molar-refractivity contribution in [1.29, 1.82) is 0 Å². The topological polar surface area (TPSA) is 75.6 Å². The highest BCUT2D eigenvalue weighted by Gasteiger charge is 2.28. The Morgan fingerprint density at radius 2 is 2.16 bits per heavy atom. The Balaban J connectivity index is 2.09. The Bertz CT molecular complexity index is 517. The van der Waals surface area contributed by atoms with Crippen LogP contribution >= 0.6 is 0 Å². The number of benzene rings is 1. The van der Waals surface area contributed by atoms with Gasteiger partial charge in [-0.15, -0.1) is 0 Å². The molecule has 0 bridgehead atoms. The lowest BCUT2D eigenvalue weighted by atomic mass is 10.1. The van der Waals surface area contributed by atoms with Crippen LogP contribution in [0.5, 0.6) is 0 Å². The third kappa shape index (κ3) is 3.08. The number of carbonyl (C=O) groups excluding carboxylic acids is 1. The molecule has 5 nitrogen and oxygen atoms in total. The van der Waals surface area contributed by atoms with Crippen LogP contribution in [0.1, 0.15) is 30.1 Å². The van der Waals surface area contributed by atoms with E-state index in [9.17, 15) is 14.0 Å². The van der Waals surface area contributed by atoms with Crippen LogP contribution in [0, 0.1) is 5.82 Å². The number of anilines is 1. The van der Waals surface area contributed by atoms with Crippen LogP contribution in [0.15, 0.2) is 18.2 Å². The highest BCUT2D eigenvalue weighted by atomic mass is 19.1. The molecule has 1 aromatic rings.